The highest BCUT2D eigenvalue weighted by atomic mass is 16.5. The maximum absolute atomic E-state index is 11.9. The summed E-state index contributed by atoms with van der Waals surface area (Å²) >= 11 is 0. The smallest absolute Gasteiger partial charge is 0.271 e. The average Bonchev–Trinajstić information content (AvgIpc) is 2.55. The van der Waals surface area contributed by atoms with Crippen molar-refractivity contribution in [1.29, 1.82) is 0 Å². The molecule has 0 saturated carbocycles. The lowest BCUT2D eigenvalue weighted by atomic mass is 10.1. The van der Waals surface area contributed by atoms with Crippen LogP contribution in [0, 0.1) is 0 Å². The van der Waals surface area contributed by atoms with E-state index in [1.807, 2.05) is 18.2 Å². The van der Waals surface area contributed by atoms with Crippen LogP contribution in [0.1, 0.15) is 22.3 Å². The number of nitrogens with zero attached hydrogens (tertiary/aromatic N) is 1. The first-order valence-corrected chi connectivity index (χ1v) is 6.79. The Kier molecular flexibility index (Phi) is 5.52. The highest BCUT2D eigenvalue weighted by molar-refractivity contribution is 5.94. The van der Waals surface area contributed by atoms with E-state index in [9.17, 15) is 4.79 Å². The van der Waals surface area contributed by atoms with Crippen LogP contribution in [0.25, 0.3) is 0 Å². The third-order valence-corrected chi connectivity index (χ3v) is 2.99. The number of methoxy groups -OCH3 is 1. The van der Waals surface area contributed by atoms with Gasteiger partial charge >= 0.3 is 0 Å². The topological polar surface area (TPSA) is 50.7 Å². The Balaban J connectivity index is 1.79. The number of rotatable bonds is 6. The minimum Gasteiger partial charge on any atom is -0.497 e. The number of benzene rings is 2. The Morgan fingerprint density at radius 1 is 1.19 bits per heavy atom. The molecule has 1 amide bonds. The van der Waals surface area contributed by atoms with Gasteiger partial charge in [0.05, 0.1) is 7.11 Å². The number of hydrazone groups is 1. The number of aryl methyl sites for hydroxylation is 1. The molecule has 2 aromatic rings. The highest BCUT2D eigenvalue weighted by Crippen LogP contribution is 2.12. The SMILES string of the molecule is COc1cccc(C(=O)N/N=C\CCc2ccccc2)c1. The third kappa shape index (κ3) is 4.76. The second-order valence-corrected chi connectivity index (χ2v) is 4.51. The van der Waals surface area contributed by atoms with Gasteiger partial charge < -0.3 is 4.74 Å². The van der Waals surface area contributed by atoms with Crippen molar-refractivity contribution in [3.05, 3.63) is 65.7 Å². The summed E-state index contributed by atoms with van der Waals surface area (Å²) in [6.45, 7) is 0. The standard InChI is InChI=1S/C17H18N2O2/c1-21-16-11-5-10-15(13-16)17(20)19-18-12-6-9-14-7-3-2-4-8-14/h2-5,7-8,10-13H,6,9H2,1H3,(H,19,20)/b18-12-. The second kappa shape index (κ2) is 7.85. The molecule has 0 aliphatic carbocycles. The van der Waals surface area contributed by atoms with Gasteiger partial charge in [-0.05, 0) is 36.6 Å². The third-order valence-electron chi connectivity index (χ3n) is 2.99. The first-order chi connectivity index (χ1) is 10.3. The Morgan fingerprint density at radius 2 is 2.00 bits per heavy atom. The summed E-state index contributed by atoms with van der Waals surface area (Å²) in [6, 6.07) is 17.1. The zero-order valence-corrected chi connectivity index (χ0v) is 12.0. The molecule has 2 aromatic carbocycles. The van der Waals surface area contributed by atoms with E-state index >= 15 is 0 Å². The van der Waals surface area contributed by atoms with Crippen molar-refractivity contribution in [3.63, 3.8) is 0 Å². The Hall–Kier alpha value is -2.62. The van der Waals surface area contributed by atoms with Crippen molar-refractivity contribution in [3.8, 4) is 5.75 Å². The molecule has 1 N–H and O–H groups in total. The van der Waals surface area contributed by atoms with Gasteiger partial charge in [0.15, 0.2) is 0 Å². The van der Waals surface area contributed by atoms with Crippen molar-refractivity contribution in [2.24, 2.45) is 5.10 Å². The van der Waals surface area contributed by atoms with E-state index in [-0.39, 0.29) is 5.91 Å². The summed E-state index contributed by atoms with van der Waals surface area (Å²) < 4.78 is 5.08. The number of amides is 1. The van der Waals surface area contributed by atoms with Gasteiger partial charge in [-0.15, -0.1) is 0 Å². The van der Waals surface area contributed by atoms with E-state index in [1.54, 1.807) is 37.6 Å². The van der Waals surface area contributed by atoms with E-state index in [0.29, 0.717) is 11.3 Å². The maximum atomic E-state index is 11.9. The van der Waals surface area contributed by atoms with Gasteiger partial charge in [-0.1, -0.05) is 36.4 Å². The van der Waals surface area contributed by atoms with Gasteiger partial charge in [0, 0.05) is 11.8 Å². The number of ether oxygens (including phenoxy) is 1. The zero-order chi connectivity index (χ0) is 14.9. The molecule has 0 saturated heterocycles. The lowest BCUT2D eigenvalue weighted by Gasteiger charge is -2.03. The lowest BCUT2D eigenvalue weighted by molar-refractivity contribution is 0.0954. The summed E-state index contributed by atoms with van der Waals surface area (Å²) in [4.78, 5) is 11.9. The molecule has 0 unspecified atom stereocenters. The van der Waals surface area contributed by atoms with Crippen LogP contribution in [0.2, 0.25) is 0 Å². The average molecular weight is 282 g/mol. The number of carbonyl (C=O) groups excluding carboxylic acids is 1. The van der Waals surface area contributed by atoms with Gasteiger partial charge in [-0.2, -0.15) is 5.10 Å². The number of hydrogen-bond donors (Lipinski definition) is 1. The van der Waals surface area contributed by atoms with Crippen LogP contribution in [0.15, 0.2) is 59.7 Å². The molecule has 2 rings (SSSR count). The molecule has 4 heteroatoms. The molecule has 0 spiro atoms. The normalized spacial score (nSPS) is 10.5. The van der Waals surface area contributed by atoms with Gasteiger partial charge in [0.2, 0.25) is 0 Å². The first-order valence-electron chi connectivity index (χ1n) is 6.79. The Labute approximate surface area is 124 Å². The van der Waals surface area contributed by atoms with Crippen LogP contribution >= 0.6 is 0 Å². The fraction of sp³-hybridized carbons (Fsp3) is 0.176. The summed E-state index contributed by atoms with van der Waals surface area (Å²) in [5.41, 5.74) is 4.29. The number of carbonyl (C=O) groups is 1. The first kappa shape index (κ1) is 14.8. The van der Waals surface area contributed by atoms with E-state index in [2.05, 4.69) is 22.7 Å². The van der Waals surface area contributed by atoms with Crippen molar-refractivity contribution in [2.75, 3.05) is 7.11 Å². The van der Waals surface area contributed by atoms with E-state index in [4.69, 9.17) is 4.74 Å². The van der Waals surface area contributed by atoms with Crippen LogP contribution in [-0.2, 0) is 6.42 Å². The Morgan fingerprint density at radius 3 is 2.76 bits per heavy atom. The van der Waals surface area contributed by atoms with Gasteiger partial charge in [-0.25, -0.2) is 5.43 Å². The van der Waals surface area contributed by atoms with Crippen molar-refractivity contribution >= 4 is 12.1 Å². The van der Waals surface area contributed by atoms with Crippen LogP contribution < -0.4 is 10.2 Å². The molecule has 0 fully saturated rings. The molecule has 4 nitrogen and oxygen atoms in total. The molecule has 0 aliphatic rings. The molecule has 108 valence electrons. The van der Waals surface area contributed by atoms with E-state index in [1.165, 1.54) is 5.56 Å². The number of nitrogens with one attached hydrogen (secondary N) is 1. The maximum Gasteiger partial charge on any atom is 0.271 e. The summed E-state index contributed by atoms with van der Waals surface area (Å²) in [5.74, 6) is 0.403. The quantitative estimate of drug-likeness (QED) is 0.654. The van der Waals surface area contributed by atoms with Gasteiger partial charge in [0.25, 0.3) is 5.91 Å². The summed E-state index contributed by atoms with van der Waals surface area (Å²) in [7, 11) is 1.57. The summed E-state index contributed by atoms with van der Waals surface area (Å²) in [6.07, 6.45) is 3.40. The molecule has 21 heavy (non-hydrogen) atoms. The highest BCUT2D eigenvalue weighted by Gasteiger charge is 2.04. The minimum absolute atomic E-state index is 0.245. The van der Waals surface area contributed by atoms with Crippen LogP contribution in [0.4, 0.5) is 0 Å². The summed E-state index contributed by atoms with van der Waals surface area (Å²) in [5, 5.41) is 3.95. The fourth-order valence-corrected chi connectivity index (χ4v) is 1.87. The van der Waals surface area contributed by atoms with Gasteiger partial charge in [0.1, 0.15) is 5.75 Å². The van der Waals surface area contributed by atoms with Crippen LogP contribution in [0.5, 0.6) is 5.75 Å². The van der Waals surface area contributed by atoms with E-state index in [0.717, 1.165) is 12.8 Å². The molecular formula is C17H18N2O2. The molecule has 0 radical (unpaired) electrons. The monoisotopic (exact) mass is 282 g/mol. The van der Waals surface area contributed by atoms with E-state index < -0.39 is 0 Å². The van der Waals surface area contributed by atoms with Crippen LogP contribution in [0.3, 0.4) is 0 Å². The van der Waals surface area contributed by atoms with Crippen molar-refractivity contribution in [2.45, 2.75) is 12.8 Å². The molecule has 0 bridgehead atoms. The molecule has 0 aromatic heterocycles. The molecule has 0 aliphatic heterocycles. The van der Waals surface area contributed by atoms with Crippen molar-refractivity contribution < 1.29 is 9.53 Å². The van der Waals surface area contributed by atoms with Gasteiger partial charge in [-0.3, -0.25) is 4.79 Å². The predicted molar refractivity (Wildman–Crippen MR) is 83.7 cm³/mol. The minimum atomic E-state index is -0.245. The fourth-order valence-electron chi connectivity index (χ4n) is 1.87. The Bertz CT molecular complexity index is 609. The van der Waals surface area contributed by atoms with Crippen molar-refractivity contribution in [1.82, 2.24) is 5.43 Å². The molecular weight excluding hydrogens is 264 g/mol. The predicted octanol–water partition coefficient (Wildman–Crippen LogP) is 3.04. The van der Waals surface area contributed by atoms with Crippen LogP contribution in [-0.4, -0.2) is 19.2 Å². The second-order valence-electron chi connectivity index (χ2n) is 4.51. The zero-order valence-electron chi connectivity index (χ0n) is 12.0. The lowest BCUT2D eigenvalue weighted by Crippen LogP contribution is -2.17. The number of hydrogen-bond acceptors (Lipinski definition) is 3. The largest absolute Gasteiger partial charge is 0.497 e. The molecule has 0 atom stereocenters. The molecule has 0 heterocycles.